The van der Waals surface area contributed by atoms with E-state index in [2.05, 4.69) is 15.0 Å². The molecule has 1 aliphatic carbocycles. The third-order valence-corrected chi connectivity index (χ3v) is 5.22. The van der Waals surface area contributed by atoms with Gasteiger partial charge in [-0.2, -0.15) is 0 Å². The molecule has 0 aromatic heterocycles. The van der Waals surface area contributed by atoms with E-state index in [-0.39, 0.29) is 41.9 Å². The Hall–Kier alpha value is -0.780. The summed E-state index contributed by atoms with van der Waals surface area (Å²) in [5.41, 5.74) is 6.65. The molecule has 0 bridgehead atoms. The zero-order valence-corrected chi connectivity index (χ0v) is 18.8. The monoisotopic (exact) mass is 516 g/mol. The lowest BCUT2D eigenvalue weighted by Crippen LogP contribution is -2.43. The lowest BCUT2D eigenvalue weighted by atomic mass is 9.85. The lowest BCUT2D eigenvalue weighted by Gasteiger charge is -2.30. The average molecular weight is 517 g/mol. The number of nitrogens with zero attached hydrogens (tertiary/aromatic N) is 1. The Balaban J connectivity index is 0.00000338. The first kappa shape index (κ1) is 23.3. The van der Waals surface area contributed by atoms with Crippen molar-refractivity contribution in [3.05, 3.63) is 23.2 Å². The first-order valence-electron chi connectivity index (χ1n) is 8.16. The number of hydrogen-bond donors (Lipinski definition) is 3. The Kier molecular flexibility index (Phi) is 9.42. The van der Waals surface area contributed by atoms with Crippen molar-refractivity contribution < 1.29 is 13.2 Å². The molecule has 0 amide bonds. The molecule has 1 saturated carbocycles. The Labute approximate surface area is 177 Å². The van der Waals surface area contributed by atoms with Crippen molar-refractivity contribution in [2.24, 2.45) is 16.6 Å². The van der Waals surface area contributed by atoms with Crippen LogP contribution in [-0.2, 0) is 10.0 Å². The second kappa shape index (κ2) is 10.5. The second-order valence-corrected chi connectivity index (χ2v) is 8.43. The molecule has 4 N–H and O–H groups in total. The van der Waals surface area contributed by atoms with Gasteiger partial charge in [0.2, 0.25) is 10.0 Å². The van der Waals surface area contributed by atoms with Gasteiger partial charge in [0.25, 0.3) is 0 Å². The van der Waals surface area contributed by atoms with Crippen molar-refractivity contribution in [2.75, 3.05) is 25.2 Å². The minimum Gasteiger partial charge on any atom is -0.495 e. The van der Waals surface area contributed by atoms with Crippen LogP contribution in [0.2, 0.25) is 5.02 Å². The summed E-state index contributed by atoms with van der Waals surface area (Å²) in [6.45, 7) is 0.468. The normalized spacial score (nSPS) is 21.0. The lowest BCUT2D eigenvalue weighted by molar-refractivity contribution is 0.297. The van der Waals surface area contributed by atoms with Crippen molar-refractivity contribution >= 4 is 57.2 Å². The average Bonchev–Trinajstić information content (AvgIpc) is 2.53. The third kappa shape index (κ3) is 7.45. The first-order chi connectivity index (χ1) is 11.8. The zero-order chi connectivity index (χ0) is 18.4. The number of sulfonamides is 1. The summed E-state index contributed by atoms with van der Waals surface area (Å²) in [6, 6.07) is 5.15. The number of methoxy groups -OCH3 is 1. The highest BCUT2D eigenvalue weighted by atomic mass is 127. The fourth-order valence-corrected chi connectivity index (χ4v) is 4.12. The molecule has 1 fully saturated rings. The van der Waals surface area contributed by atoms with Gasteiger partial charge in [0.1, 0.15) is 5.75 Å². The van der Waals surface area contributed by atoms with Crippen LogP contribution in [0.4, 0.5) is 5.69 Å². The minimum absolute atomic E-state index is 0. The molecule has 0 radical (unpaired) electrons. The van der Waals surface area contributed by atoms with Crippen molar-refractivity contribution in [1.29, 1.82) is 0 Å². The highest BCUT2D eigenvalue weighted by Crippen LogP contribution is 2.27. The summed E-state index contributed by atoms with van der Waals surface area (Å²) in [5, 5.41) is 3.46. The van der Waals surface area contributed by atoms with Gasteiger partial charge in [-0.1, -0.05) is 24.4 Å². The number of nitrogens with two attached hydrogens (primary N) is 1. The molecule has 148 valence electrons. The van der Waals surface area contributed by atoms with Gasteiger partial charge in [-0.15, -0.1) is 24.0 Å². The van der Waals surface area contributed by atoms with Gasteiger partial charge in [-0.3, -0.25) is 4.99 Å². The van der Waals surface area contributed by atoms with Crippen LogP contribution in [0.3, 0.4) is 0 Å². The van der Waals surface area contributed by atoms with E-state index in [0.29, 0.717) is 23.0 Å². The van der Waals surface area contributed by atoms with Crippen LogP contribution in [-0.4, -0.2) is 40.3 Å². The van der Waals surface area contributed by atoms with Crippen LogP contribution in [0.15, 0.2) is 23.2 Å². The van der Waals surface area contributed by atoms with Crippen molar-refractivity contribution in [2.45, 2.75) is 31.7 Å². The molecule has 0 heterocycles. The van der Waals surface area contributed by atoms with Gasteiger partial charge < -0.3 is 15.8 Å². The molecule has 0 aliphatic heterocycles. The summed E-state index contributed by atoms with van der Waals surface area (Å²) in [6.07, 6.45) is 5.04. The molecule has 0 spiro atoms. The SMILES string of the molecule is COc1ccc(NC(N)=NCC2CCCCC2NS(C)(=O)=O)cc1Cl.I. The number of hydrogen-bond acceptors (Lipinski definition) is 4. The third-order valence-electron chi connectivity index (χ3n) is 4.19. The first-order valence-corrected chi connectivity index (χ1v) is 10.4. The molecule has 2 rings (SSSR count). The van der Waals surface area contributed by atoms with Crippen molar-refractivity contribution in [3.8, 4) is 5.75 Å². The van der Waals surface area contributed by atoms with Crippen LogP contribution in [0.25, 0.3) is 0 Å². The Morgan fingerprint density at radius 3 is 2.69 bits per heavy atom. The predicted octanol–water partition coefficient (Wildman–Crippen LogP) is 2.80. The Bertz CT molecular complexity index is 730. The molecule has 2 atom stereocenters. The number of benzene rings is 1. The molecule has 1 aromatic rings. The number of ether oxygens (including phenoxy) is 1. The Morgan fingerprint density at radius 1 is 1.38 bits per heavy atom. The molecule has 1 aliphatic rings. The molecule has 26 heavy (non-hydrogen) atoms. The van der Waals surface area contributed by atoms with E-state index in [1.54, 1.807) is 25.3 Å². The van der Waals surface area contributed by atoms with E-state index in [4.69, 9.17) is 22.1 Å². The maximum atomic E-state index is 11.5. The minimum atomic E-state index is -3.23. The number of aliphatic imine (C=N–C) groups is 1. The fourth-order valence-electron chi connectivity index (χ4n) is 3.00. The van der Waals surface area contributed by atoms with Crippen LogP contribution >= 0.6 is 35.6 Å². The number of anilines is 1. The van der Waals surface area contributed by atoms with Gasteiger partial charge in [0.05, 0.1) is 18.4 Å². The number of guanidine groups is 1. The standard InChI is InChI=1S/C16H25ClN4O3S.HI/c1-24-15-8-7-12(9-13(15)17)20-16(18)19-10-11-5-3-4-6-14(11)21-25(2,22)23;/h7-9,11,14,21H,3-6,10H2,1-2H3,(H3,18,19,20);1H. The van der Waals surface area contributed by atoms with Crippen molar-refractivity contribution in [1.82, 2.24) is 4.72 Å². The fraction of sp³-hybridized carbons (Fsp3) is 0.562. The van der Waals surface area contributed by atoms with Gasteiger partial charge >= 0.3 is 0 Å². The van der Waals surface area contributed by atoms with Crippen LogP contribution in [0.5, 0.6) is 5.75 Å². The van der Waals surface area contributed by atoms with E-state index in [0.717, 1.165) is 25.7 Å². The molecule has 7 nitrogen and oxygen atoms in total. The van der Waals surface area contributed by atoms with E-state index >= 15 is 0 Å². The summed E-state index contributed by atoms with van der Waals surface area (Å²) >= 11 is 6.08. The van der Waals surface area contributed by atoms with E-state index in [1.165, 1.54) is 6.26 Å². The molecule has 0 saturated heterocycles. The highest BCUT2D eigenvalue weighted by molar-refractivity contribution is 14.0. The molecule has 1 aromatic carbocycles. The highest BCUT2D eigenvalue weighted by Gasteiger charge is 2.27. The maximum Gasteiger partial charge on any atom is 0.208 e. The van der Waals surface area contributed by atoms with E-state index < -0.39 is 10.0 Å². The van der Waals surface area contributed by atoms with Crippen LogP contribution in [0.1, 0.15) is 25.7 Å². The van der Waals surface area contributed by atoms with Gasteiger partial charge in [-0.25, -0.2) is 13.1 Å². The molecular formula is C16H26ClIN4O3S. The summed E-state index contributed by atoms with van der Waals surface area (Å²) in [4.78, 5) is 4.37. The second-order valence-electron chi connectivity index (χ2n) is 6.24. The number of nitrogens with one attached hydrogen (secondary N) is 2. The van der Waals surface area contributed by atoms with Gasteiger partial charge in [-0.05, 0) is 37.0 Å². The van der Waals surface area contributed by atoms with Gasteiger partial charge in [0.15, 0.2) is 5.96 Å². The largest absolute Gasteiger partial charge is 0.495 e. The summed E-state index contributed by atoms with van der Waals surface area (Å²) < 4.78 is 30.8. The molecule has 10 heteroatoms. The summed E-state index contributed by atoms with van der Waals surface area (Å²) in [5.74, 6) is 0.993. The number of rotatable bonds is 6. The number of halogens is 2. The van der Waals surface area contributed by atoms with Gasteiger partial charge in [0, 0.05) is 18.3 Å². The van der Waals surface area contributed by atoms with E-state index in [9.17, 15) is 8.42 Å². The van der Waals surface area contributed by atoms with Crippen LogP contribution in [0, 0.1) is 5.92 Å². The van der Waals surface area contributed by atoms with Crippen molar-refractivity contribution in [3.63, 3.8) is 0 Å². The zero-order valence-electron chi connectivity index (χ0n) is 14.9. The summed E-state index contributed by atoms with van der Waals surface area (Å²) in [7, 11) is -1.68. The molecule has 2 unspecified atom stereocenters. The van der Waals surface area contributed by atoms with E-state index in [1.807, 2.05) is 0 Å². The van der Waals surface area contributed by atoms with Crippen LogP contribution < -0.4 is 20.5 Å². The topological polar surface area (TPSA) is 106 Å². The molecular weight excluding hydrogens is 491 g/mol. The quantitative estimate of drug-likeness (QED) is 0.306. The smallest absolute Gasteiger partial charge is 0.208 e. The maximum absolute atomic E-state index is 11.5. The predicted molar refractivity (Wildman–Crippen MR) is 117 cm³/mol. The Morgan fingerprint density at radius 2 is 2.08 bits per heavy atom.